The maximum atomic E-state index is 12.5. The highest BCUT2D eigenvalue weighted by Gasteiger charge is 2.44. The normalized spacial score (nSPS) is 30.8. The van der Waals surface area contributed by atoms with Gasteiger partial charge in [0.2, 0.25) is 0 Å². The zero-order chi connectivity index (χ0) is 12.0. The van der Waals surface area contributed by atoms with E-state index in [1.54, 1.807) is 25.0 Å². The average Bonchev–Trinajstić information content (AvgIpc) is 3.01. The van der Waals surface area contributed by atoms with Crippen molar-refractivity contribution in [3.8, 4) is 5.75 Å². The maximum absolute atomic E-state index is 12.5. The van der Waals surface area contributed by atoms with Crippen molar-refractivity contribution in [2.24, 2.45) is 13.0 Å². The molecule has 0 spiro atoms. The Balaban J connectivity index is 1.89. The Bertz CT molecular complexity index is 455. The molecular formula is C12H17N3O2. The van der Waals surface area contributed by atoms with Crippen molar-refractivity contribution >= 4 is 5.78 Å². The third-order valence-electron chi connectivity index (χ3n) is 4.00. The van der Waals surface area contributed by atoms with Gasteiger partial charge >= 0.3 is 0 Å². The molecule has 5 nitrogen and oxygen atoms in total. The van der Waals surface area contributed by atoms with Gasteiger partial charge < -0.3 is 10.1 Å². The monoisotopic (exact) mass is 235 g/mol. The molecule has 3 atom stereocenters. The minimum atomic E-state index is 0.0954. The van der Waals surface area contributed by atoms with Gasteiger partial charge in [-0.3, -0.25) is 9.48 Å². The van der Waals surface area contributed by atoms with E-state index in [0.717, 1.165) is 12.8 Å². The fourth-order valence-electron chi connectivity index (χ4n) is 3.14. The lowest BCUT2D eigenvalue weighted by Crippen LogP contribution is -2.30. The van der Waals surface area contributed by atoms with E-state index < -0.39 is 0 Å². The molecule has 1 aromatic rings. The van der Waals surface area contributed by atoms with Gasteiger partial charge in [-0.2, -0.15) is 5.10 Å². The molecule has 2 fully saturated rings. The molecule has 0 amide bonds. The summed E-state index contributed by atoms with van der Waals surface area (Å²) in [5.41, 5.74) is 0.604. The summed E-state index contributed by atoms with van der Waals surface area (Å²) in [4.78, 5) is 12.5. The largest absolute Gasteiger partial charge is 0.493 e. The van der Waals surface area contributed by atoms with E-state index in [1.165, 1.54) is 6.42 Å². The highest BCUT2D eigenvalue weighted by Crippen LogP contribution is 2.36. The Hall–Kier alpha value is -1.36. The van der Waals surface area contributed by atoms with E-state index in [4.69, 9.17) is 4.74 Å². The van der Waals surface area contributed by atoms with Crippen molar-refractivity contribution in [1.82, 2.24) is 15.1 Å². The molecule has 1 aromatic heterocycles. The highest BCUT2D eigenvalue weighted by atomic mass is 16.5. The van der Waals surface area contributed by atoms with Crippen LogP contribution in [0.25, 0.3) is 0 Å². The summed E-state index contributed by atoms with van der Waals surface area (Å²) in [5, 5.41) is 7.58. The predicted octanol–water partition coefficient (Wildman–Crippen LogP) is 0.752. The van der Waals surface area contributed by atoms with Crippen molar-refractivity contribution in [2.75, 3.05) is 7.11 Å². The van der Waals surface area contributed by atoms with E-state index in [9.17, 15) is 4.79 Å². The Morgan fingerprint density at radius 2 is 2.41 bits per heavy atom. The average molecular weight is 235 g/mol. The molecule has 3 unspecified atom stereocenters. The van der Waals surface area contributed by atoms with Crippen LogP contribution >= 0.6 is 0 Å². The van der Waals surface area contributed by atoms with Gasteiger partial charge in [0.05, 0.1) is 13.3 Å². The summed E-state index contributed by atoms with van der Waals surface area (Å²) in [6, 6.07) is 0.889. The second-order valence-electron chi connectivity index (χ2n) is 4.94. The van der Waals surface area contributed by atoms with Crippen molar-refractivity contribution in [3.05, 3.63) is 11.9 Å². The van der Waals surface area contributed by atoms with Crippen LogP contribution in [0, 0.1) is 5.92 Å². The van der Waals surface area contributed by atoms with Crippen LogP contribution < -0.4 is 10.1 Å². The Morgan fingerprint density at radius 1 is 1.59 bits per heavy atom. The molecule has 2 aliphatic heterocycles. The van der Waals surface area contributed by atoms with Crippen molar-refractivity contribution < 1.29 is 9.53 Å². The van der Waals surface area contributed by atoms with Crippen LogP contribution in [0.4, 0.5) is 0 Å². The second-order valence-corrected chi connectivity index (χ2v) is 4.94. The quantitative estimate of drug-likeness (QED) is 0.786. The van der Waals surface area contributed by atoms with Crippen LogP contribution in [0.3, 0.4) is 0 Å². The zero-order valence-corrected chi connectivity index (χ0v) is 10.1. The Morgan fingerprint density at radius 3 is 3.00 bits per heavy atom. The third kappa shape index (κ3) is 1.57. The van der Waals surface area contributed by atoms with E-state index in [1.807, 2.05) is 0 Å². The third-order valence-corrected chi connectivity index (χ3v) is 4.00. The SMILES string of the molecule is COc1cnn(C)c1C(=O)C1CC2CCC1N2. The number of aromatic nitrogens is 2. The van der Waals surface area contributed by atoms with Crippen LogP contribution in [0.5, 0.6) is 5.75 Å². The first-order valence-corrected chi connectivity index (χ1v) is 6.07. The maximum Gasteiger partial charge on any atom is 0.189 e. The number of hydrogen-bond acceptors (Lipinski definition) is 4. The first-order chi connectivity index (χ1) is 8.20. The second kappa shape index (κ2) is 3.84. The lowest BCUT2D eigenvalue weighted by Gasteiger charge is -2.19. The van der Waals surface area contributed by atoms with Gasteiger partial charge in [0.25, 0.3) is 0 Å². The number of carbonyl (C=O) groups excluding carboxylic acids is 1. The molecule has 2 saturated heterocycles. The van der Waals surface area contributed by atoms with Crippen molar-refractivity contribution in [3.63, 3.8) is 0 Å². The first-order valence-electron chi connectivity index (χ1n) is 6.07. The minimum Gasteiger partial charge on any atom is -0.493 e. The van der Waals surface area contributed by atoms with Crippen LogP contribution in [-0.2, 0) is 7.05 Å². The Labute approximate surface area is 100 Å². The van der Waals surface area contributed by atoms with Gasteiger partial charge in [0.15, 0.2) is 11.5 Å². The van der Waals surface area contributed by atoms with Crippen LogP contribution in [-0.4, -0.2) is 34.8 Å². The summed E-state index contributed by atoms with van der Waals surface area (Å²) >= 11 is 0. The molecule has 3 heterocycles. The zero-order valence-electron chi connectivity index (χ0n) is 10.1. The number of nitrogens with one attached hydrogen (secondary N) is 1. The number of nitrogens with zero attached hydrogens (tertiary/aromatic N) is 2. The Kier molecular flexibility index (Phi) is 2.43. The van der Waals surface area contributed by atoms with Crippen molar-refractivity contribution in [1.29, 1.82) is 0 Å². The number of ether oxygens (including phenoxy) is 1. The molecule has 2 aliphatic rings. The molecule has 0 saturated carbocycles. The summed E-state index contributed by atoms with van der Waals surface area (Å²) in [6.07, 6.45) is 4.88. The number of ketones is 1. The summed E-state index contributed by atoms with van der Waals surface area (Å²) in [6.45, 7) is 0. The number of fused-ring (bicyclic) bond motifs is 2. The molecule has 0 aromatic carbocycles. The molecule has 1 N–H and O–H groups in total. The molecule has 92 valence electrons. The molecule has 5 heteroatoms. The number of rotatable bonds is 3. The van der Waals surface area contributed by atoms with Gasteiger partial charge in [-0.05, 0) is 19.3 Å². The van der Waals surface area contributed by atoms with Gasteiger partial charge in [-0.15, -0.1) is 0 Å². The van der Waals surface area contributed by atoms with E-state index in [2.05, 4.69) is 10.4 Å². The predicted molar refractivity (Wildman–Crippen MR) is 62.1 cm³/mol. The summed E-state index contributed by atoms with van der Waals surface area (Å²) < 4.78 is 6.82. The number of aryl methyl sites for hydroxylation is 1. The summed E-state index contributed by atoms with van der Waals surface area (Å²) in [5.74, 6) is 0.847. The molecule has 2 bridgehead atoms. The van der Waals surface area contributed by atoms with Crippen LogP contribution in [0.15, 0.2) is 6.20 Å². The highest BCUT2D eigenvalue weighted by molar-refractivity contribution is 5.99. The topological polar surface area (TPSA) is 56.2 Å². The molecular weight excluding hydrogens is 218 g/mol. The number of carbonyl (C=O) groups is 1. The standard InChI is InChI=1S/C12H17N3O2/c1-15-11(10(17-2)6-13-15)12(16)8-5-7-3-4-9(8)14-7/h6-9,14H,3-5H2,1-2H3. The van der Waals surface area contributed by atoms with Gasteiger partial charge in [0, 0.05) is 25.0 Å². The molecule has 0 aliphatic carbocycles. The smallest absolute Gasteiger partial charge is 0.189 e. The van der Waals surface area contributed by atoms with Gasteiger partial charge in [0.1, 0.15) is 5.69 Å². The fourth-order valence-corrected chi connectivity index (χ4v) is 3.14. The van der Waals surface area contributed by atoms with Crippen LogP contribution in [0.2, 0.25) is 0 Å². The molecule has 0 radical (unpaired) electrons. The number of Topliss-reactive ketones (excluding diaryl/α,β-unsaturated/α-hetero) is 1. The fraction of sp³-hybridized carbons (Fsp3) is 0.667. The van der Waals surface area contributed by atoms with E-state index in [-0.39, 0.29) is 11.7 Å². The lowest BCUT2D eigenvalue weighted by molar-refractivity contribution is 0.0888. The van der Waals surface area contributed by atoms with Crippen molar-refractivity contribution in [2.45, 2.75) is 31.3 Å². The molecule has 17 heavy (non-hydrogen) atoms. The first kappa shape index (κ1) is 10.8. The minimum absolute atomic E-state index is 0.0954. The summed E-state index contributed by atoms with van der Waals surface area (Å²) in [7, 11) is 3.36. The van der Waals surface area contributed by atoms with Crippen LogP contribution in [0.1, 0.15) is 29.8 Å². The number of hydrogen-bond donors (Lipinski definition) is 1. The van der Waals surface area contributed by atoms with Gasteiger partial charge in [-0.25, -0.2) is 0 Å². The van der Waals surface area contributed by atoms with Gasteiger partial charge in [-0.1, -0.05) is 0 Å². The molecule has 3 rings (SSSR count). The number of methoxy groups -OCH3 is 1. The van der Waals surface area contributed by atoms with E-state index >= 15 is 0 Å². The van der Waals surface area contributed by atoms with E-state index in [0.29, 0.717) is 23.5 Å². The lowest BCUT2D eigenvalue weighted by atomic mass is 9.85.